The number of ketones is 1. The highest BCUT2D eigenvalue weighted by Crippen LogP contribution is 2.25. The van der Waals surface area contributed by atoms with E-state index in [1.807, 2.05) is 42.1 Å². The van der Waals surface area contributed by atoms with Gasteiger partial charge in [0.1, 0.15) is 6.10 Å². The predicted octanol–water partition coefficient (Wildman–Crippen LogP) is 1.76. The van der Waals surface area contributed by atoms with Crippen LogP contribution in [0.15, 0.2) is 30.5 Å². The number of carbonyl (C=O) groups excluding carboxylic acids is 1. The van der Waals surface area contributed by atoms with Crippen molar-refractivity contribution < 1.29 is 9.53 Å². The first-order valence-corrected chi connectivity index (χ1v) is 4.97. The number of epoxide rings is 1. The van der Waals surface area contributed by atoms with Crippen molar-refractivity contribution in [2.45, 2.75) is 6.10 Å². The molecule has 0 N–H and O–H groups in total. The fourth-order valence-electron chi connectivity index (χ4n) is 1.91. The Morgan fingerprint density at radius 1 is 1.47 bits per heavy atom. The van der Waals surface area contributed by atoms with Crippen molar-refractivity contribution in [3.63, 3.8) is 0 Å². The third kappa shape index (κ3) is 1.27. The molecule has 1 aliphatic heterocycles. The van der Waals surface area contributed by atoms with Crippen molar-refractivity contribution in [1.29, 1.82) is 0 Å². The van der Waals surface area contributed by atoms with Gasteiger partial charge >= 0.3 is 0 Å². The summed E-state index contributed by atoms with van der Waals surface area (Å²) in [6.07, 6.45) is 1.69. The molecular formula is C12H11NO2. The molecule has 0 bridgehead atoms. The van der Waals surface area contributed by atoms with Crippen LogP contribution >= 0.6 is 0 Å². The molecule has 0 saturated carbocycles. The largest absolute Gasteiger partial charge is 0.364 e. The summed E-state index contributed by atoms with van der Waals surface area (Å²) in [7, 11) is 1.95. The van der Waals surface area contributed by atoms with Gasteiger partial charge in [-0.05, 0) is 6.07 Å². The van der Waals surface area contributed by atoms with E-state index >= 15 is 0 Å². The van der Waals surface area contributed by atoms with Crippen LogP contribution in [0.1, 0.15) is 10.4 Å². The van der Waals surface area contributed by atoms with E-state index in [4.69, 9.17) is 4.74 Å². The lowest BCUT2D eigenvalue weighted by molar-refractivity contribution is 0.0955. The summed E-state index contributed by atoms with van der Waals surface area (Å²) in [6, 6.07) is 7.92. The van der Waals surface area contributed by atoms with Crippen LogP contribution in [0.2, 0.25) is 0 Å². The number of hydrogen-bond donors (Lipinski definition) is 0. The average Bonchev–Trinajstić information content (AvgIpc) is 3.04. The molecule has 0 amide bonds. The number of carbonyl (C=O) groups is 1. The smallest absolute Gasteiger partial charge is 0.196 e. The minimum Gasteiger partial charge on any atom is -0.364 e. The maximum absolute atomic E-state index is 11.9. The molecule has 1 atom stereocenters. The summed E-state index contributed by atoms with van der Waals surface area (Å²) in [5, 5.41) is 1.01. The van der Waals surface area contributed by atoms with Gasteiger partial charge < -0.3 is 9.30 Å². The molecule has 15 heavy (non-hydrogen) atoms. The molecule has 0 radical (unpaired) electrons. The van der Waals surface area contributed by atoms with E-state index < -0.39 is 0 Å². The van der Waals surface area contributed by atoms with Gasteiger partial charge in [-0.15, -0.1) is 0 Å². The summed E-state index contributed by atoms with van der Waals surface area (Å²) in [6.45, 7) is 0.571. The van der Waals surface area contributed by atoms with E-state index in [0.717, 1.165) is 16.5 Å². The normalized spacial score (nSPS) is 19.4. The van der Waals surface area contributed by atoms with Crippen LogP contribution in [-0.4, -0.2) is 23.1 Å². The standard InChI is InChI=1S/C12H11NO2/c1-13-6-9(12(14)11-7-15-11)8-4-2-3-5-10(8)13/h2-6,11H,7H2,1H3. The number of nitrogens with zero attached hydrogens (tertiary/aromatic N) is 1. The first kappa shape index (κ1) is 8.68. The van der Waals surface area contributed by atoms with Gasteiger partial charge in [0.2, 0.25) is 0 Å². The van der Waals surface area contributed by atoms with Crippen molar-refractivity contribution >= 4 is 16.7 Å². The molecule has 1 aliphatic rings. The number of ether oxygens (including phenoxy) is 1. The maximum atomic E-state index is 11.9. The van der Waals surface area contributed by atoms with E-state index in [1.165, 1.54) is 0 Å². The number of rotatable bonds is 2. The molecular weight excluding hydrogens is 190 g/mol. The zero-order valence-electron chi connectivity index (χ0n) is 8.43. The van der Waals surface area contributed by atoms with Crippen LogP contribution in [0.4, 0.5) is 0 Å². The Balaban J connectivity index is 2.21. The van der Waals surface area contributed by atoms with Gasteiger partial charge in [0.15, 0.2) is 5.78 Å². The zero-order chi connectivity index (χ0) is 10.4. The fraction of sp³-hybridized carbons (Fsp3) is 0.250. The fourth-order valence-corrected chi connectivity index (χ4v) is 1.91. The third-order valence-corrected chi connectivity index (χ3v) is 2.79. The van der Waals surface area contributed by atoms with Gasteiger partial charge in [-0.2, -0.15) is 0 Å². The summed E-state index contributed by atoms with van der Waals surface area (Å²) in [5.74, 6) is 0.104. The van der Waals surface area contributed by atoms with Gasteiger partial charge in [0.05, 0.1) is 6.61 Å². The SMILES string of the molecule is Cn1cc(C(=O)C2CO2)c2ccccc21. The van der Waals surface area contributed by atoms with Crippen molar-refractivity contribution in [3.05, 3.63) is 36.0 Å². The molecule has 3 heteroatoms. The molecule has 0 spiro atoms. The summed E-state index contributed by atoms with van der Waals surface area (Å²) in [4.78, 5) is 11.9. The van der Waals surface area contributed by atoms with Crippen molar-refractivity contribution in [2.24, 2.45) is 7.05 Å². The molecule has 0 aliphatic carbocycles. The van der Waals surface area contributed by atoms with Crippen molar-refractivity contribution in [2.75, 3.05) is 6.61 Å². The topological polar surface area (TPSA) is 34.5 Å². The van der Waals surface area contributed by atoms with Crippen LogP contribution in [0.5, 0.6) is 0 Å². The molecule has 2 aromatic rings. The third-order valence-electron chi connectivity index (χ3n) is 2.79. The highest BCUT2D eigenvalue weighted by atomic mass is 16.6. The molecule has 1 saturated heterocycles. The number of hydrogen-bond acceptors (Lipinski definition) is 2. The minimum atomic E-state index is -0.198. The van der Waals surface area contributed by atoms with Crippen LogP contribution in [0.25, 0.3) is 10.9 Å². The molecule has 3 rings (SSSR count). The average molecular weight is 201 g/mol. The number of benzene rings is 1. The lowest BCUT2D eigenvalue weighted by Gasteiger charge is -1.94. The van der Waals surface area contributed by atoms with Gasteiger partial charge in [-0.1, -0.05) is 18.2 Å². The van der Waals surface area contributed by atoms with E-state index in [1.54, 1.807) is 0 Å². The quantitative estimate of drug-likeness (QED) is 0.548. The van der Waals surface area contributed by atoms with Crippen LogP contribution in [0.3, 0.4) is 0 Å². The second-order valence-electron chi connectivity index (χ2n) is 3.86. The monoisotopic (exact) mass is 201 g/mol. The lowest BCUT2D eigenvalue weighted by Crippen LogP contribution is -2.06. The Morgan fingerprint density at radius 3 is 2.93 bits per heavy atom. The number of fused-ring (bicyclic) bond motifs is 1. The Bertz CT molecular complexity index is 538. The van der Waals surface area contributed by atoms with Gasteiger partial charge in [0, 0.05) is 29.7 Å². The molecule has 76 valence electrons. The zero-order valence-corrected chi connectivity index (χ0v) is 8.43. The maximum Gasteiger partial charge on any atom is 0.196 e. The van der Waals surface area contributed by atoms with E-state index in [0.29, 0.717) is 6.61 Å². The number of aromatic nitrogens is 1. The number of para-hydroxylation sites is 1. The van der Waals surface area contributed by atoms with Crippen LogP contribution in [0, 0.1) is 0 Å². The van der Waals surface area contributed by atoms with Crippen molar-refractivity contribution in [1.82, 2.24) is 4.57 Å². The number of aryl methyl sites for hydroxylation is 1. The van der Waals surface area contributed by atoms with Crippen LogP contribution in [-0.2, 0) is 11.8 Å². The molecule has 1 aromatic heterocycles. The summed E-state index contributed by atoms with van der Waals surface area (Å²) in [5.41, 5.74) is 1.86. The Labute approximate surface area is 87.3 Å². The predicted molar refractivity (Wildman–Crippen MR) is 57.0 cm³/mol. The Morgan fingerprint density at radius 2 is 2.20 bits per heavy atom. The molecule has 3 nitrogen and oxygen atoms in total. The van der Waals surface area contributed by atoms with Crippen LogP contribution < -0.4 is 0 Å². The molecule has 1 aromatic carbocycles. The Kier molecular flexibility index (Phi) is 1.70. The molecule has 1 unspecified atom stereocenters. The molecule has 1 fully saturated rings. The van der Waals surface area contributed by atoms with Gasteiger partial charge in [0.25, 0.3) is 0 Å². The second-order valence-corrected chi connectivity index (χ2v) is 3.86. The van der Waals surface area contributed by atoms with E-state index in [2.05, 4.69) is 0 Å². The van der Waals surface area contributed by atoms with E-state index in [9.17, 15) is 4.79 Å². The Hall–Kier alpha value is -1.61. The highest BCUT2D eigenvalue weighted by molar-refractivity contribution is 6.10. The second kappa shape index (κ2) is 2.94. The van der Waals surface area contributed by atoms with E-state index in [-0.39, 0.29) is 11.9 Å². The summed E-state index contributed by atoms with van der Waals surface area (Å²) < 4.78 is 7.00. The first-order valence-electron chi connectivity index (χ1n) is 4.97. The lowest BCUT2D eigenvalue weighted by atomic mass is 10.1. The highest BCUT2D eigenvalue weighted by Gasteiger charge is 2.33. The molecule has 2 heterocycles. The number of Topliss-reactive ketones (excluding diaryl/α,β-unsaturated/α-hetero) is 1. The van der Waals surface area contributed by atoms with Crippen molar-refractivity contribution in [3.8, 4) is 0 Å². The summed E-state index contributed by atoms with van der Waals surface area (Å²) >= 11 is 0. The van der Waals surface area contributed by atoms with Gasteiger partial charge in [-0.25, -0.2) is 0 Å². The minimum absolute atomic E-state index is 0.104. The first-order chi connectivity index (χ1) is 7.27. The van der Waals surface area contributed by atoms with Gasteiger partial charge in [-0.3, -0.25) is 4.79 Å².